The molecule has 0 bridgehead atoms. The van der Waals surface area contributed by atoms with Crippen molar-refractivity contribution in [3.05, 3.63) is 30.1 Å². The molecule has 0 spiro atoms. The molecule has 0 aromatic heterocycles. The highest BCUT2D eigenvalue weighted by molar-refractivity contribution is 5.95. The number of benzene rings is 1. The molecule has 19 heavy (non-hydrogen) atoms. The first-order valence-electron chi connectivity index (χ1n) is 6.14. The van der Waals surface area contributed by atoms with Crippen LogP contribution in [0.1, 0.15) is 6.92 Å². The predicted molar refractivity (Wildman–Crippen MR) is 69.1 cm³/mol. The van der Waals surface area contributed by atoms with Gasteiger partial charge in [-0.25, -0.2) is 4.39 Å². The maximum absolute atomic E-state index is 13.4. The Bertz CT molecular complexity index is 493. The Morgan fingerprint density at radius 3 is 2.89 bits per heavy atom. The van der Waals surface area contributed by atoms with Gasteiger partial charge in [0.1, 0.15) is 5.82 Å². The van der Waals surface area contributed by atoms with Crippen molar-refractivity contribution in [2.45, 2.75) is 13.0 Å². The third-order valence-electron chi connectivity index (χ3n) is 3.13. The summed E-state index contributed by atoms with van der Waals surface area (Å²) < 4.78 is 13.4. The second-order valence-corrected chi connectivity index (χ2v) is 4.47. The lowest BCUT2D eigenvalue weighted by atomic mass is 10.2. The summed E-state index contributed by atoms with van der Waals surface area (Å²) >= 11 is 0. The Labute approximate surface area is 110 Å². The van der Waals surface area contributed by atoms with E-state index in [-0.39, 0.29) is 24.0 Å². The second-order valence-electron chi connectivity index (χ2n) is 4.47. The van der Waals surface area contributed by atoms with E-state index >= 15 is 0 Å². The van der Waals surface area contributed by atoms with Crippen molar-refractivity contribution in [2.24, 2.45) is 0 Å². The van der Waals surface area contributed by atoms with Crippen molar-refractivity contribution in [3.63, 3.8) is 0 Å². The van der Waals surface area contributed by atoms with Gasteiger partial charge in [-0.2, -0.15) is 0 Å². The lowest BCUT2D eigenvalue weighted by Gasteiger charge is -2.31. The zero-order chi connectivity index (χ0) is 13.8. The molecule has 0 radical (unpaired) electrons. The number of amides is 2. The maximum Gasteiger partial charge on any atom is 0.241 e. The number of halogens is 1. The molecule has 2 amide bonds. The van der Waals surface area contributed by atoms with Gasteiger partial charge in [-0.05, 0) is 19.1 Å². The molecular formula is C13H16FN3O2. The van der Waals surface area contributed by atoms with E-state index in [0.29, 0.717) is 13.1 Å². The number of carbonyl (C=O) groups is 2. The molecule has 1 heterocycles. The molecular weight excluding hydrogens is 249 g/mol. The van der Waals surface area contributed by atoms with Gasteiger partial charge in [0, 0.05) is 13.1 Å². The highest BCUT2D eigenvalue weighted by Crippen LogP contribution is 2.13. The van der Waals surface area contributed by atoms with E-state index in [1.54, 1.807) is 24.0 Å². The molecule has 0 aliphatic carbocycles. The van der Waals surface area contributed by atoms with Gasteiger partial charge >= 0.3 is 0 Å². The zero-order valence-corrected chi connectivity index (χ0v) is 10.6. The Hall–Kier alpha value is -1.95. The molecule has 6 heteroatoms. The van der Waals surface area contributed by atoms with E-state index in [1.807, 2.05) is 0 Å². The number of anilines is 1. The first-order chi connectivity index (χ1) is 9.08. The summed E-state index contributed by atoms with van der Waals surface area (Å²) in [6, 6.07) is 5.52. The van der Waals surface area contributed by atoms with Gasteiger partial charge in [-0.15, -0.1) is 0 Å². The average molecular weight is 265 g/mol. The van der Waals surface area contributed by atoms with Crippen molar-refractivity contribution in [1.29, 1.82) is 0 Å². The van der Waals surface area contributed by atoms with E-state index < -0.39 is 11.9 Å². The summed E-state index contributed by atoms with van der Waals surface area (Å²) in [4.78, 5) is 25.0. The fraction of sp³-hybridized carbons (Fsp3) is 0.385. The zero-order valence-electron chi connectivity index (χ0n) is 10.6. The quantitative estimate of drug-likeness (QED) is 0.840. The van der Waals surface area contributed by atoms with Crippen molar-refractivity contribution < 1.29 is 14.0 Å². The van der Waals surface area contributed by atoms with Crippen LogP contribution in [0.2, 0.25) is 0 Å². The number of rotatable bonds is 3. The van der Waals surface area contributed by atoms with E-state index in [2.05, 4.69) is 10.6 Å². The third kappa shape index (κ3) is 3.29. The number of nitrogens with one attached hydrogen (secondary N) is 2. The average Bonchev–Trinajstić information content (AvgIpc) is 2.40. The van der Waals surface area contributed by atoms with Crippen molar-refractivity contribution in [2.75, 3.05) is 25.0 Å². The van der Waals surface area contributed by atoms with Crippen LogP contribution in [0.15, 0.2) is 24.3 Å². The predicted octanol–water partition coefficient (Wildman–Crippen LogP) is 0.584. The van der Waals surface area contributed by atoms with Gasteiger partial charge < -0.3 is 10.6 Å². The molecule has 1 atom stereocenters. The molecule has 1 aromatic carbocycles. The Morgan fingerprint density at radius 1 is 1.47 bits per heavy atom. The van der Waals surface area contributed by atoms with Gasteiger partial charge in [-0.3, -0.25) is 14.5 Å². The number of carbonyl (C=O) groups excluding carboxylic acids is 2. The van der Waals surface area contributed by atoms with Crippen molar-refractivity contribution in [1.82, 2.24) is 10.2 Å². The lowest BCUT2D eigenvalue weighted by molar-refractivity contribution is -0.127. The largest absolute Gasteiger partial charge is 0.354 e. The highest BCUT2D eigenvalue weighted by atomic mass is 19.1. The van der Waals surface area contributed by atoms with E-state index in [4.69, 9.17) is 0 Å². The minimum absolute atomic E-state index is 0.100. The number of hydrogen-bond acceptors (Lipinski definition) is 3. The topological polar surface area (TPSA) is 61.4 Å². The fourth-order valence-corrected chi connectivity index (χ4v) is 1.95. The normalized spacial score (nSPS) is 17.7. The summed E-state index contributed by atoms with van der Waals surface area (Å²) in [5.41, 5.74) is 0.154. The van der Waals surface area contributed by atoms with Crippen LogP contribution in [-0.2, 0) is 9.59 Å². The maximum atomic E-state index is 13.4. The van der Waals surface area contributed by atoms with Crippen LogP contribution >= 0.6 is 0 Å². The fourth-order valence-electron chi connectivity index (χ4n) is 1.95. The van der Waals surface area contributed by atoms with E-state index in [0.717, 1.165) is 0 Å². The number of nitrogens with zero attached hydrogens (tertiary/aromatic N) is 1. The molecule has 1 aliphatic rings. The molecule has 5 nitrogen and oxygen atoms in total. The van der Waals surface area contributed by atoms with E-state index in [9.17, 15) is 14.0 Å². The third-order valence-corrected chi connectivity index (χ3v) is 3.13. The SMILES string of the molecule is C[C@H](C(=O)Nc1ccccc1F)N1CCNC(=O)C1. The summed E-state index contributed by atoms with van der Waals surface area (Å²) in [5, 5.41) is 5.23. The first-order valence-corrected chi connectivity index (χ1v) is 6.14. The van der Waals surface area contributed by atoms with Crippen molar-refractivity contribution in [3.8, 4) is 0 Å². The van der Waals surface area contributed by atoms with Crippen LogP contribution in [0, 0.1) is 5.82 Å². The Morgan fingerprint density at radius 2 is 2.21 bits per heavy atom. The van der Waals surface area contributed by atoms with Crippen LogP contribution < -0.4 is 10.6 Å². The Kier molecular flexibility index (Phi) is 4.11. The van der Waals surface area contributed by atoms with Crippen LogP contribution in [0.4, 0.5) is 10.1 Å². The van der Waals surface area contributed by atoms with Gasteiger partial charge in [0.05, 0.1) is 18.3 Å². The number of para-hydroxylation sites is 1. The summed E-state index contributed by atoms with van der Waals surface area (Å²) in [7, 11) is 0. The minimum atomic E-state index is -0.481. The Balaban J connectivity index is 1.99. The number of hydrogen-bond donors (Lipinski definition) is 2. The van der Waals surface area contributed by atoms with Crippen LogP contribution in [0.5, 0.6) is 0 Å². The lowest BCUT2D eigenvalue weighted by Crippen LogP contribution is -2.53. The van der Waals surface area contributed by atoms with Crippen LogP contribution in [-0.4, -0.2) is 42.4 Å². The van der Waals surface area contributed by atoms with Crippen LogP contribution in [0.3, 0.4) is 0 Å². The molecule has 1 aromatic rings. The second kappa shape index (κ2) is 5.79. The molecule has 1 fully saturated rings. The van der Waals surface area contributed by atoms with Gasteiger partial charge in [0.15, 0.2) is 0 Å². The first kappa shape index (κ1) is 13.5. The molecule has 0 saturated carbocycles. The molecule has 1 aliphatic heterocycles. The summed E-state index contributed by atoms with van der Waals surface area (Å²) in [5.74, 6) is -0.893. The standard InChI is InChI=1S/C13H16FN3O2/c1-9(17-7-6-15-12(18)8-17)13(19)16-11-5-3-2-4-10(11)14/h2-5,9H,6-8H2,1H3,(H,15,18)(H,16,19)/t9-/m1/s1. The summed E-state index contributed by atoms with van der Waals surface area (Å²) in [6.45, 7) is 3.02. The molecule has 2 rings (SSSR count). The van der Waals surface area contributed by atoms with Crippen LogP contribution in [0.25, 0.3) is 0 Å². The van der Waals surface area contributed by atoms with Gasteiger partial charge in [0.2, 0.25) is 11.8 Å². The molecule has 102 valence electrons. The number of piperazine rings is 1. The molecule has 0 unspecified atom stereocenters. The molecule has 1 saturated heterocycles. The highest BCUT2D eigenvalue weighted by Gasteiger charge is 2.26. The molecule has 2 N–H and O–H groups in total. The minimum Gasteiger partial charge on any atom is -0.354 e. The smallest absolute Gasteiger partial charge is 0.241 e. The van der Waals surface area contributed by atoms with E-state index in [1.165, 1.54) is 12.1 Å². The van der Waals surface area contributed by atoms with Gasteiger partial charge in [0.25, 0.3) is 0 Å². The summed E-state index contributed by atoms with van der Waals surface area (Å²) in [6.07, 6.45) is 0. The monoisotopic (exact) mass is 265 g/mol. The van der Waals surface area contributed by atoms with Crippen molar-refractivity contribution >= 4 is 17.5 Å². The van der Waals surface area contributed by atoms with Gasteiger partial charge in [-0.1, -0.05) is 12.1 Å².